The lowest BCUT2D eigenvalue weighted by molar-refractivity contribution is -0.181. The van der Waals surface area contributed by atoms with E-state index in [1.165, 1.54) is 0 Å². The first-order valence-corrected chi connectivity index (χ1v) is 7.69. The Hall–Kier alpha value is -2.41. The highest BCUT2D eigenvalue weighted by atomic mass is 16.6. The van der Waals surface area contributed by atoms with E-state index < -0.39 is 35.7 Å². The molecule has 1 saturated heterocycles. The van der Waals surface area contributed by atoms with Crippen LogP contribution in [0.5, 0.6) is 0 Å². The highest BCUT2D eigenvalue weighted by Gasteiger charge is 2.55. The Bertz CT molecular complexity index is 624. The topological polar surface area (TPSA) is 84.9 Å². The smallest absolute Gasteiger partial charge is 0.417 e. The Kier molecular flexibility index (Phi) is 5.23. The van der Waals surface area contributed by atoms with Crippen LogP contribution in [0.4, 0.5) is 4.79 Å². The normalized spacial score (nSPS) is 20.3. The molecule has 1 heterocycles. The van der Waals surface area contributed by atoms with Crippen LogP contribution >= 0.6 is 0 Å². The summed E-state index contributed by atoms with van der Waals surface area (Å²) in [6, 6.07) is 8.26. The minimum Gasteiger partial charge on any atom is -0.449 e. The van der Waals surface area contributed by atoms with E-state index in [4.69, 9.17) is 9.47 Å². The van der Waals surface area contributed by atoms with Gasteiger partial charge < -0.3 is 14.8 Å². The third kappa shape index (κ3) is 3.91. The number of hydrogen-bond donors (Lipinski definition) is 1. The van der Waals surface area contributed by atoms with Crippen molar-refractivity contribution >= 4 is 18.0 Å². The minimum atomic E-state index is -1.03. The predicted molar refractivity (Wildman–Crippen MR) is 86.1 cm³/mol. The number of ether oxygens (including phenoxy) is 2. The summed E-state index contributed by atoms with van der Waals surface area (Å²) in [6.07, 6.45) is -1.77. The van der Waals surface area contributed by atoms with Crippen LogP contribution in [0.1, 0.15) is 32.4 Å². The maximum atomic E-state index is 12.3. The van der Waals surface area contributed by atoms with Crippen LogP contribution in [0.15, 0.2) is 30.3 Å². The summed E-state index contributed by atoms with van der Waals surface area (Å²) in [5.41, 5.74) is -0.0304. The summed E-state index contributed by atoms with van der Waals surface area (Å²) in [7, 11) is 1.60. The van der Waals surface area contributed by atoms with Crippen LogP contribution in [0.25, 0.3) is 0 Å². The van der Waals surface area contributed by atoms with Crippen molar-refractivity contribution < 1.29 is 23.9 Å². The van der Waals surface area contributed by atoms with Crippen LogP contribution in [-0.2, 0) is 19.1 Å². The molecule has 1 aromatic rings. The molecule has 130 valence electrons. The molecule has 1 aromatic carbocycles. The molecule has 0 spiro atoms. The van der Waals surface area contributed by atoms with Gasteiger partial charge in [-0.1, -0.05) is 30.3 Å². The molecule has 0 bridgehead atoms. The number of nitrogens with one attached hydrogen (secondary N) is 1. The molecule has 1 fully saturated rings. The van der Waals surface area contributed by atoms with Gasteiger partial charge in [0.2, 0.25) is 6.10 Å². The predicted octanol–water partition coefficient (Wildman–Crippen LogP) is 1.64. The van der Waals surface area contributed by atoms with Gasteiger partial charge in [0.25, 0.3) is 5.91 Å². The van der Waals surface area contributed by atoms with Crippen molar-refractivity contribution in [2.45, 2.75) is 38.5 Å². The second-order valence-electron chi connectivity index (χ2n) is 6.48. The van der Waals surface area contributed by atoms with Crippen molar-refractivity contribution in [3.05, 3.63) is 35.9 Å². The Labute approximate surface area is 140 Å². The first kappa shape index (κ1) is 17.9. The molecule has 2 rings (SSSR count). The van der Waals surface area contributed by atoms with Gasteiger partial charge in [0.05, 0.1) is 6.54 Å². The number of hydrogen-bond acceptors (Lipinski definition) is 6. The number of carbonyl (C=O) groups excluding carboxylic acids is 3. The van der Waals surface area contributed by atoms with E-state index in [9.17, 15) is 14.4 Å². The molecule has 24 heavy (non-hydrogen) atoms. The molecule has 0 aliphatic carbocycles. The number of β-lactam (4-membered cyclic amide) rings is 1. The first-order chi connectivity index (χ1) is 11.2. The summed E-state index contributed by atoms with van der Waals surface area (Å²) < 4.78 is 10.5. The quantitative estimate of drug-likeness (QED) is 0.665. The van der Waals surface area contributed by atoms with Gasteiger partial charge in [-0.25, -0.2) is 9.69 Å². The highest BCUT2D eigenvalue weighted by Crippen LogP contribution is 2.38. The molecular formula is C17H22N2O5. The number of rotatable bonds is 4. The number of esters is 1. The molecule has 1 aliphatic rings. The van der Waals surface area contributed by atoms with Gasteiger partial charge in [0.15, 0.2) is 0 Å². The van der Waals surface area contributed by atoms with Crippen molar-refractivity contribution in [3.63, 3.8) is 0 Å². The standard InChI is InChI=1S/C17H22N2O5/c1-17(2,3)24-16(22)19-13(11-8-6-5-7-9-11)14(15(19)21)23-12(20)10-18-4/h5-9,13-14,18H,10H2,1-4H3/t13-,14+/m0/s1. The van der Waals surface area contributed by atoms with Crippen molar-refractivity contribution in [1.29, 1.82) is 0 Å². The average Bonchev–Trinajstić information content (AvgIpc) is 2.49. The van der Waals surface area contributed by atoms with E-state index >= 15 is 0 Å². The SMILES string of the molecule is CNCC(=O)O[C@H]1C(=O)N(C(=O)OC(C)(C)C)[C@H]1c1ccccc1. The summed E-state index contributed by atoms with van der Waals surface area (Å²) >= 11 is 0. The lowest BCUT2D eigenvalue weighted by atomic mass is 9.91. The van der Waals surface area contributed by atoms with Crippen LogP contribution in [0, 0.1) is 0 Å². The zero-order valence-electron chi connectivity index (χ0n) is 14.2. The Morgan fingerprint density at radius 3 is 2.38 bits per heavy atom. The molecule has 0 aromatic heterocycles. The molecular weight excluding hydrogens is 312 g/mol. The molecule has 1 aliphatic heterocycles. The Balaban J connectivity index is 2.23. The van der Waals surface area contributed by atoms with Gasteiger partial charge in [0.1, 0.15) is 11.6 Å². The first-order valence-electron chi connectivity index (χ1n) is 7.69. The van der Waals surface area contributed by atoms with Crippen molar-refractivity contribution in [2.75, 3.05) is 13.6 Å². The molecule has 0 saturated carbocycles. The van der Waals surface area contributed by atoms with Crippen LogP contribution in [-0.4, -0.2) is 48.2 Å². The van der Waals surface area contributed by atoms with Gasteiger partial charge in [-0.3, -0.25) is 9.59 Å². The van der Waals surface area contributed by atoms with Crippen LogP contribution < -0.4 is 5.32 Å². The molecule has 7 heteroatoms. The van der Waals surface area contributed by atoms with E-state index in [0.29, 0.717) is 5.56 Å². The Morgan fingerprint density at radius 2 is 1.83 bits per heavy atom. The fourth-order valence-electron chi connectivity index (χ4n) is 2.39. The summed E-state index contributed by atoms with van der Waals surface area (Å²) in [4.78, 5) is 37.4. The molecule has 2 atom stereocenters. The third-order valence-corrected chi connectivity index (χ3v) is 3.36. The third-order valence-electron chi connectivity index (χ3n) is 3.36. The maximum Gasteiger partial charge on any atom is 0.417 e. The van der Waals surface area contributed by atoms with E-state index in [1.54, 1.807) is 52.1 Å². The fourth-order valence-corrected chi connectivity index (χ4v) is 2.39. The van der Waals surface area contributed by atoms with E-state index in [-0.39, 0.29) is 6.54 Å². The number of likely N-dealkylation sites (N-methyl/N-ethyl adjacent to an activating group) is 1. The molecule has 7 nitrogen and oxygen atoms in total. The number of likely N-dealkylation sites (tertiary alicyclic amines) is 1. The van der Waals surface area contributed by atoms with Crippen molar-refractivity contribution in [3.8, 4) is 0 Å². The van der Waals surface area contributed by atoms with E-state index in [0.717, 1.165) is 4.90 Å². The second kappa shape index (κ2) is 7.00. The summed E-state index contributed by atoms with van der Waals surface area (Å²) in [5.74, 6) is -1.14. The summed E-state index contributed by atoms with van der Waals surface area (Å²) in [6.45, 7) is 5.14. The van der Waals surface area contributed by atoms with E-state index in [2.05, 4.69) is 5.32 Å². The Morgan fingerprint density at radius 1 is 1.21 bits per heavy atom. The number of benzene rings is 1. The molecule has 2 amide bonds. The van der Waals surface area contributed by atoms with Crippen molar-refractivity contribution in [2.24, 2.45) is 0 Å². The zero-order chi connectivity index (χ0) is 17.9. The number of carbonyl (C=O) groups is 3. The number of imide groups is 1. The molecule has 1 N–H and O–H groups in total. The largest absolute Gasteiger partial charge is 0.449 e. The van der Waals surface area contributed by atoms with Crippen molar-refractivity contribution in [1.82, 2.24) is 10.2 Å². The number of nitrogens with zero attached hydrogens (tertiary/aromatic N) is 1. The van der Waals surface area contributed by atoms with Gasteiger partial charge in [-0.15, -0.1) is 0 Å². The maximum absolute atomic E-state index is 12.3. The average molecular weight is 334 g/mol. The highest BCUT2D eigenvalue weighted by molar-refractivity contribution is 6.02. The van der Waals surface area contributed by atoms with E-state index in [1.807, 2.05) is 6.07 Å². The lowest BCUT2D eigenvalue weighted by Gasteiger charge is -2.44. The van der Waals surface area contributed by atoms with Gasteiger partial charge in [0, 0.05) is 0 Å². The zero-order valence-corrected chi connectivity index (χ0v) is 14.2. The monoisotopic (exact) mass is 334 g/mol. The molecule has 0 unspecified atom stereocenters. The van der Waals surface area contributed by atoms with Crippen LogP contribution in [0.3, 0.4) is 0 Å². The van der Waals surface area contributed by atoms with Crippen LogP contribution in [0.2, 0.25) is 0 Å². The lowest BCUT2D eigenvalue weighted by Crippen LogP contribution is -2.63. The minimum absolute atomic E-state index is 0.0161. The van der Waals surface area contributed by atoms with Gasteiger partial charge >= 0.3 is 12.1 Å². The fraction of sp³-hybridized carbons (Fsp3) is 0.471. The molecule has 0 radical (unpaired) electrons. The van der Waals surface area contributed by atoms with Gasteiger partial charge in [-0.05, 0) is 33.4 Å². The van der Waals surface area contributed by atoms with Gasteiger partial charge in [-0.2, -0.15) is 0 Å². The number of amides is 2. The summed E-state index contributed by atoms with van der Waals surface area (Å²) in [5, 5.41) is 2.66. The second-order valence-corrected chi connectivity index (χ2v) is 6.48.